The first-order chi connectivity index (χ1) is 8.52. The van der Waals surface area contributed by atoms with Crippen molar-refractivity contribution in [3.05, 3.63) is 24.4 Å². The maximum atomic E-state index is 5.32. The molecular weight excluding hydrogens is 222 g/mol. The lowest BCUT2D eigenvalue weighted by atomic mass is 9.81. The van der Waals surface area contributed by atoms with Crippen molar-refractivity contribution in [2.75, 3.05) is 26.3 Å². The molecule has 1 heterocycles. The molecule has 0 N–H and O–H groups in total. The van der Waals surface area contributed by atoms with Crippen LogP contribution >= 0.6 is 0 Å². The second-order valence-corrected chi connectivity index (χ2v) is 5.99. The van der Waals surface area contributed by atoms with Crippen molar-refractivity contribution in [3.63, 3.8) is 0 Å². The van der Waals surface area contributed by atoms with E-state index in [1.807, 2.05) is 0 Å². The minimum atomic E-state index is 0.313. The molecule has 1 rings (SSSR count). The molecule has 1 aliphatic heterocycles. The zero-order valence-electron chi connectivity index (χ0n) is 12.5. The van der Waals surface area contributed by atoms with Gasteiger partial charge in [-0.3, -0.25) is 0 Å². The number of hydrogen-bond donors (Lipinski definition) is 0. The number of ether oxygens (including phenoxy) is 1. The van der Waals surface area contributed by atoms with Gasteiger partial charge in [-0.05, 0) is 30.4 Å². The van der Waals surface area contributed by atoms with E-state index < -0.39 is 0 Å². The monoisotopic (exact) mass is 251 g/mol. The molecule has 0 unspecified atom stereocenters. The molecule has 0 atom stereocenters. The van der Waals surface area contributed by atoms with E-state index in [0.29, 0.717) is 11.3 Å². The van der Waals surface area contributed by atoms with E-state index in [2.05, 4.69) is 57.0 Å². The Balaban J connectivity index is 2.17. The van der Waals surface area contributed by atoms with Crippen LogP contribution in [0.25, 0.3) is 0 Å². The summed E-state index contributed by atoms with van der Waals surface area (Å²) in [6.45, 7) is 13.0. The summed E-state index contributed by atoms with van der Waals surface area (Å²) >= 11 is 0. The summed E-state index contributed by atoms with van der Waals surface area (Å²) in [6, 6.07) is 0. The Bertz CT molecular complexity index is 273. The molecule has 0 aromatic heterocycles. The zero-order chi connectivity index (χ0) is 13.4. The summed E-state index contributed by atoms with van der Waals surface area (Å²) in [5.41, 5.74) is 0.313. The Hall–Kier alpha value is -0.760. The molecule has 18 heavy (non-hydrogen) atoms. The van der Waals surface area contributed by atoms with Crippen LogP contribution in [-0.4, -0.2) is 31.2 Å². The molecule has 1 fully saturated rings. The van der Waals surface area contributed by atoms with E-state index >= 15 is 0 Å². The third kappa shape index (κ3) is 5.72. The summed E-state index contributed by atoms with van der Waals surface area (Å²) in [6.07, 6.45) is 11.4. The average molecular weight is 251 g/mol. The molecule has 1 aliphatic rings. The standard InChI is InChI=1S/C16H29NO/c1-15(2)16(3,4)9-7-5-6-8-10-17-11-13-18-14-12-17/h7-10,15H,5-6,11-14H2,1-4H3. The van der Waals surface area contributed by atoms with E-state index in [0.717, 1.165) is 39.1 Å². The smallest absolute Gasteiger partial charge is 0.0642 e. The lowest BCUT2D eigenvalue weighted by molar-refractivity contribution is 0.0593. The predicted octanol–water partition coefficient (Wildman–Crippen LogP) is 3.85. The van der Waals surface area contributed by atoms with Gasteiger partial charge >= 0.3 is 0 Å². The Morgan fingerprint density at radius 3 is 2.33 bits per heavy atom. The van der Waals surface area contributed by atoms with Gasteiger partial charge in [-0.25, -0.2) is 0 Å². The molecule has 0 bridgehead atoms. The van der Waals surface area contributed by atoms with Crippen molar-refractivity contribution < 1.29 is 4.74 Å². The largest absolute Gasteiger partial charge is 0.378 e. The molecule has 0 aromatic carbocycles. The number of morpholine rings is 1. The minimum Gasteiger partial charge on any atom is -0.378 e. The van der Waals surface area contributed by atoms with E-state index in [4.69, 9.17) is 4.74 Å². The third-order valence-electron chi connectivity index (χ3n) is 3.90. The van der Waals surface area contributed by atoms with Gasteiger partial charge in [0.1, 0.15) is 0 Å². The number of hydrogen-bond acceptors (Lipinski definition) is 2. The SMILES string of the molecule is CC(C)C(C)(C)C=CCCC=CN1CCOCC1. The fraction of sp³-hybridized carbons (Fsp3) is 0.750. The van der Waals surface area contributed by atoms with Crippen LogP contribution in [0.1, 0.15) is 40.5 Å². The lowest BCUT2D eigenvalue weighted by Crippen LogP contribution is -2.31. The van der Waals surface area contributed by atoms with Crippen LogP contribution in [0.2, 0.25) is 0 Å². The van der Waals surface area contributed by atoms with E-state index in [-0.39, 0.29) is 0 Å². The average Bonchev–Trinajstić information content (AvgIpc) is 2.34. The molecule has 1 saturated heterocycles. The molecule has 0 spiro atoms. The van der Waals surface area contributed by atoms with Gasteiger partial charge in [0, 0.05) is 13.1 Å². The van der Waals surface area contributed by atoms with Gasteiger partial charge < -0.3 is 9.64 Å². The molecule has 0 amide bonds. The first kappa shape index (κ1) is 15.3. The highest BCUT2D eigenvalue weighted by molar-refractivity contribution is 4.97. The van der Waals surface area contributed by atoms with Crippen molar-refractivity contribution >= 4 is 0 Å². The van der Waals surface area contributed by atoms with Crippen LogP contribution in [0.4, 0.5) is 0 Å². The molecule has 2 nitrogen and oxygen atoms in total. The normalized spacial score (nSPS) is 18.4. The summed E-state index contributed by atoms with van der Waals surface area (Å²) in [5.74, 6) is 0.692. The summed E-state index contributed by atoms with van der Waals surface area (Å²) in [7, 11) is 0. The Labute approximate surface area is 113 Å². The Kier molecular flexibility index (Phi) is 6.48. The van der Waals surface area contributed by atoms with Gasteiger partial charge in [0.25, 0.3) is 0 Å². The number of allylic oxidation sites excluding steroid dienone is 3. The first-order valence-corrected chi connectivity index (χ1v) is 7.18. The topological polar surface area (TPSA) is 12.5 Å². The Morgan fingerprint density at radius 2 is 1.72 bits per heavy atom. The summed E-state index contributed by atoms with van der Waals surface area (Å²) < 4.78 is 5.32. The van der Waals surface area contributed by atoms with Crippen molar-refractivity contribution in [1.29, 1.82) is 0 Å². The number of nitrogens with zero attached hydrogens (tertiary/aromatic N) is 1. The fourth-order valence-corrected chi connectivity index (χ4v) is 1.72. The molecular formula is C16H29NO. The first-order valence-electron chi connectivity index (χ1n) is 7.18. The highest BCUT2D eigenvalue weighted by atomic mass is 16.5. The van der Waals surface area contributed by atoms with Crippen LogP contribution in [0.15, 0.2) is 24.4 Å². The molecule has 0 aromatic rings. The highest BCUT2D eigenvalue weighted by Crippen LogP contribution is 2.27. The molecule has 0 saturated carbocycles. The molecule has 2 heteroatoms. The van der Waals surface area contributed by atoms with E-state index in [1.54, 1.807) is 0 Å². The van der Waals surface area contributed by atoms with Gasteiger partial charge in [-0.2, -0.15) is 0 Å². The van der Waals surface area contributed by atoms with E-state index in [1.165, 1.54) is 0 Å². The van der Waals surface area contributed by atoms with Gasteiger partial charge in [0.05, 0.1) is 13.2 Å². The molecule has 0 aliphatic carbocycles. The molecule has 0 radical (unpaired) electrons. The van der Waals surface area contributed by atoms with Crippen molar-refractivity contribution in [2.45, 2.75) is 40.5 Å². The number of rotatable bonds is 6. The second kappa shape index (κ2) is 7.63. The van der Waals surface area contributed by atoms with Gasteiger partial charge in [-0.1, -0.05) is 45.9 Å². The summed E-state index contributed by atoms with van der Waals surface area (Å²) in [5, 5.41) is 0. The van der Waals surface area contributed by atoms with Crippen LogP contribution in [-0.2, 0) is 4.74 Å². The van der Waals surface area contributed by atoms with Crippen LogP contribution < -0.4 is 0 Å². The van der Waals surface area contributed by atoms with Crippen molar-refractivity contribution in [3.8, 4) is 0 Å². The van der Waals surface area contributed by atoms with Crippen LogP contribution in [0.5, 0.6) is 0 Å². The summed E-state index contributed by atoms with van der Waals surface area (Å²) in [4.78, 5) is 2.34. The number of unbranched alkanes of at least 4 members (excludes halogenated alkanes) is 1. The molecule has 104 valence electrons. The maximum absolute atomic E-state index is 5.32. The van der Waals surface area contributed by atoms with Gasteiger partial charge in [-0.15, -0.1) is 0 Å². The minimum absolute atomic E-state index is 0.313. The Morgan fingerprint density at radius 1 is 1.11 bits per heavy atom. The van der Waals surface area contributed by atoms with Gasteiger partial charge in [0.2, 0.25) is 0 Å². The van der Waals surface area contributed by atoms with E-state index in [9.17, 15) is 0 Å². The second-order valence-electron chi connectivity index (χ2n) is 5.99. The zero-order valence-corrected chi connectivity index (χ0v) is 12.5. The lowest BCUT2D eigenvalue weighted by Gasteiger charge is -2.25. The predicted molar refractivity (Wildman–Crippen MR) is 78.5 cm³/mol. The van der Waals surface area contributed by atoms with Crippen LogP contribution in [0, 0.1) is 11.3 Å². The fourth-order valence-electron chi connectivity index (χ4n) is 1.72. The highest BCUT2D eigenvalue weighted by Gasteiger charge is 2.17. The third-order valence-corrected chi connectivity index (χ3v) is 3.90. The van der Waals surface area contributed by atoms with Crippen molar-refractivity contribution in [2.24, 2.45) is 11.3 Å². The maximum Gasteiger partial charge on any atom is 0.0642 e. The van der Waals surface area contributed by atoms with Gasteiger partial charge in [0.15, 0.2) is 0 Å². The van der Waals surface area contributed by atoms with Crippen LogP contribution in [0.3, 0.4) is 0 Å². The van der Waals surface area contributed by atoms with Crippen molar-refractivity contribution in [1.82, 2.24) is 4.90 Å². The quantitative estimate of drug-likeness (QED) is 0.525.